The summed E-state index contributed by atoms with van der Waals surface area (Å²) >= 11 is 0. The fourth-order valence-corrected chi connectivity index (χ4v) is 3.85. The summed E-state index contributed by atoms with van der Waals surface area (Å²) < 4.78 is 29.0. The Morgan fingerprint density at radius 3 is 2.50 bits per heavy atom. The van der Waals surface area contributed by atoms with Crippen LogP contribution in [-0.4, -0.2) is 46.5 Å². The molecule has 30 heavy (non-hydrogen) atoms. The smallest absolute Gasteiger partial charge is 0.322 e. The van der Waals surface area contributed by atoms with Crippen molar-refractivity contribution >= 4 is 34.1 Å². The van der Waals surface area contributed by atoms with Gasteiger partial charge in [0.25, 0.3) is 0 Å². The number of piperazine rings is 1. The molecule has 152 valence electrons. The average Bonchev–Trinajstić information content (AvgIpc) is 3.25. The molecule has 5 rings (SSSR count). The first-order chi connectivity index (χ1) is 14.6. The lowest BCUT2D eigenvalue weighted by atomic mass is 10.2. The van der Waals surface area contributed by atoms with Crippen LogP contribution in [0.2, 0.25) is 0 Å². The molecule has 1 N–H and O–H groups in total. The van der Waals surface area contributed by atoms with Gasteiger partial charge in [0, 0.05) is 38.4 Å². The van der Waals surface area contributed by atoms with Crippen molar-refractivity contribution in [1.29, 1.82) is 0 Å². The van der Waals surface area contributed by atoms with Gasteiger partial charge in [0.2, 0.25) is 0 Å². The highest BCUT2D eigenvalue weighted by molar-refractivity contribution is 5.90. The van der Waals surface area contributed by atoms with Crippen molar-refractivity contribution in [1.82, 2.24) is 14.3 Å². The Morgan fingerprint density at radius 2 is 1.70 bits per heavy atom. The number of benzene rings is 2. The number of para-hydroxylation sites is 2. The summed E-state index contributed by atoms with van der Waals surface area (Å²) in [6.07, 6.45) is 2.02. The highest BCUT2D eigenvalue weighted by atomic mass is 19.1. The zero-order valence-corrected chi connectivity index (χ0v) is 16.1. The number of amides is 2. The Bertz CT molecular complexity index is 1250. The van der Waals surface area contributed by atoms with Gasteiger partial charge < -0.3 is 19.5 Å². The Morgan fingerprint density at radius 1 is 0.933 bits per heavy atom. The van der Waals surface area contributed by atoms with Crippen molar-refractivity contribution in [2.75, 3.05) is 36.4 Å². The molecule has 0 atom stereocenters. The number of urea groups is 1. The number of hydrogen-bond acceptors (Lipinski definition) is 3. The zero-order chi connectivity index (χ0) is 20.7. The molecular formula is C22H19F2N5O. The Hall–Kier alpha value is -3.68. The van der Waals surface area contributed by atoms with Gasteiger partial charge in [-0.25, -0.2) is 18.6 Å². The van der Waals surface area contributed by atoms with Crippen LogP contribution in [0.25, 0.3) is 16.6 Å². The number of anilines is 2. The lowest BCUT2D eigenvalue weighted by molar-refractivity contribution is 0.208. The number of rotatable bonds is 2. The molecule has 0 saturated carbocycles. The molecule has 0 bridgehead atoms. The normalized spacial score (nSPS) is 14.5. The minimum atomic E-state index is -0.794. The maximum atomic E-state index is 13.8. The average molecular weight is 407 g/mol. The maximum Gasteiger partial charge on any atom is 0.322 e. The van der Waals surface area contributed by atoms with Gasteiger partial charge in [-0.2, -0.15) is 0 Å². The van der Waals surface area contributed by atoms with E-state index in [-0.39, 0.29) is 5.69 Å². The summed E-state index contributed by atoms with van der Waals surface area (Å²) in [6, 6.07) is 14.7. The molecule has 0 aliphatic carbocycles. The van der Waals surface area contributed by atoms with Crippen LogP contribution in [0.15, 0.2) is 60.8 Å². The van der Waals surface area contributed by atoms with Gasteiger partial charge in [-0.3, -0.25) is 0 Å². The first-order valence-electron chi connectivity index (χ1n) is 9.72. The molecule has 1 saturated heterocycles. The third kappa shape index (κ3) is 3.20. The number of halogens is 2. The highest BCUT2D eigenvalue weighted by Crippen LogP contribution is 2.26. The van der Waals surface area contributed by atoms with E-state index in [0.29, 0.717) is 26.2 Å². The van der Waals surface area contributed by atoms with Gasteiger partial charge in [0.15, 0.2) is 5.82 Å². The van der Waals surface area contributed by atoms with Crippen molar-refractivity contribution in [3.8, 4) is 0 Å². The van der Waals surface area contributed by atoms with E-state index in [9.17, 15) is 13.6 Å². The lowest BCUT2D eigenvalue weighted by Crippen LogP contribution is -2.50. The molecule has 2 amide bonds. The Balaban J connectivity index is 1.33. The first kappa shape index (κ1) is 18.4. The van der Waals surface area contributed by atoms with Crippen LogP contribution < -0.4 is 10.2 Å². The van der Waals surface area contributed by atoms with Crippen LogP contribution in [0.5, 0.6) is 0 Å². The van der Waals surface area contributed by atoms with Crippen molar-refractivity contribution in [2.45, 2.75) is 0 Å². The second kappa shape index (κ2) is 7.29. The predicted octanol–water partition coefficient (Wildman–Crippen LogP) is 4.12. The van der Waals surface area contributed by atoms with E-state index in [4.69, 9.17) is 4.98 Å². The van der Waals surface area contributed by atoms with Gasteiger partial charge in [-0.1, -0.05) is 12.1 Å². The van der Waals surface area contributed by atoms with Crippen LogP contribution in [0.4, 0.5) is 25.1 Å². The molecule has 4 aromatic rings. The minimum absolute atomic E-state index is 0.0325. The van der Waals surface area contributed by atoms with Gasteiger partial charge in [-0.05, 0) is 36.4 Å². The number of carbonyl (C=O) groups is 1. The number of fused-ring (bicyclic) bond motifs is 3. The van der Waals surface area contributed by atoms with E-state index in [1.165, 1.54) is 6.07 Å². The molecule has 0 spiro atoms. The van der Waals surface area contributed by atoms with E-state index in [1.807, 2.05) is 42.6 Å². The number of carbonyl (C=O) groups excluding carboxylic acids is 1. The highest BCUT2D eigenvalue weighted by Gasteiger charge is 2.24. The van der Waals surface area contributed by atoms with E-state index < -0.39 is 17.7 Å². The first-order valence-corrected chi connectivity index (χ1v) is 9.72. The van der Waals surface area contributed by atoms with Gasteiger partial charge in [0.1, 0.15) is 11.6 Å². The van der Waals surface area contributed by atoms with E-state index >= 15 is 0 Å². The van der Waals surface area contributed by atoms with Gasteiger partial charge in [-0.15, -0.1) is 0 Å². The third-order valence-electron chi connectivity index (χ3n) is 5.38. The van der Waals surface area contributed by atoms with E-state index in [2.05, 4.69) is 14.6 Å². The molecule has 2 aromatic carbocycles. The van der Waals surface area contributed by atoms with Crippen LogP contribution in [0.3, 0.4) is 0 Å². The summed E-state index contributed by atoms with van der Waals surface area (Å²) in [7, 11) is 0. The standard InChI is InChI=1S/C22H19F2N5O/c23-15-7-8-17(16(24)14-15)26-22(30)28-12-10-27(11-13-28)21-20-6-3-9-29(20)19-5-2-1-4-18(19)25-21/h1-9,14H,10-13H2,(H,26,30). The summed E-state index contributed by atoms with van der Waals surface area (Å²) in [5, 5.41) is 2.52. The third-order valence-corrected chi connectivity index (χ3v) is 5.38. The van der Waals surface area contributed by atoms with Crippen molar-refractivity contribution < 1.29 is 13.6 Å². The Labute approximate surface area is 171 Å². The summed E-state index contributed by atoms with van der Waals surface area (Å²) in [6.45, 7) is 2.14. The number of nitrogens with zero attached hydrogens (tertiary/aromatic N) is 4. The van der Waals surface area contributed by atoms with Crippen LogP contribution in [0.1, 0.15) is 0 Å². The number of aromatic nitrogens is 2. The van der Waals surface area contributed by atoms with Gasteiger partial charge >= 0.3 is 6.03 Å². The second-order valence-corrected chi connectivity index (χ2v) is 7.22. The van der Waals surface area contributed by atoms with E-state index in [1.54, 1.807) is 4.90 Å². The predicted molar refractivity (Wildman–Crippen MR) is 112 cm³/mol. The molecule has 1 aliphatic heterocycles. The molecule has 3 heterocycles. The van der Waals surface area contributed by atoms with Gasteiger partial charge in [0.05, 0.1) is 22.2 Å². The maximum absolute atomic E-state index is 13.8. The topological polar surface area (TPSA) is 52.9 Å². The SMILES string of the molecule is O=C(Nc1ccc(F)cc1F)N1CCN(c2nc3ccccc3n3cccc23)CC1. The Kier molecular flexibility index (Phi) is 4.46. The summed E-state index contributed by atoms with van der Waals surface area (Å²) in [5.74, 6) is -0.597. The van der Waals surface area contributed by atoms with Crippen molar-refractivity contribution in [3.05, 3.63) is 72.4 Å². The quantitative estimate of drug-likeness (QED) is 0.544. The number of hydrogen-bond donors (Lipinski definition) is 1. The largest absolute Gasteiger partial charge is 0.351 e. The van der Waals surface area contributed by atoms with Crippen LogP contribution >= 0.6 is 0 Å². The molecule has 1 fully saturated rings. The van der Waals surface area contributed by atoms with Crippen molar-refractivity contribution in [3.63, 3.8) is 0 Å². The lowest BCUT2D eigenvalue weighted by Gasteiger charge is -2.35. The minimum Gasteiger partial charge on any atom is -0.351 e. The monoisotopic (exact) mass is 407 g/mol. The fraction of sp³-hybridized carbons (Fsp3) is 0.182. The van der Waals surface area contributed by atoms with E-state index in [0.717, 1.165) is 34.5 Å². The molecular weight excluding hydrogens is 388 g/mol. The molecule has 1 aliphatic rings. The fourth-order valence-electron chi connectivity index (χ4n) is 3.85. The molecule has 6 nitrogen and oxygen atoms in total. The summed E-state index contributed by atoms with van der Waals surface area (Å²) in [4.78, 5) is 21.1. The molecule has 0 unspecified atom stereocenters. The molecule has 0 radical (unpaired) electrons. The molecule has 8 heteroatoms. The zero-order valence-electron chi connectivity index (χ0n) is 16.1. The number of nitrogens with one attached hydrogen (secondary N) is 1. The second-order valence-electron chi connectivity index (χ2n) is 7.22. The summed E-state index contributed by atoms with van der Waals surface area (Å²) in [5.41, 5.74) is 2.93. The molecule has 2 aromatic heterocycles. The van der Waals surface area contributed by atoms with Crippen LogP contribution in [0, 0.1) is 11.6 Å². The van der Waals surface area contributed by atoms with Crippen LogP contribution in [-0.2, 0) is 0 Å². The van der Waals surface area contributed by atoms with Crippen molar-refractivity contribution in [2.24, 2.45) is 0 Å².